The van der Waals surface area contributed by atoms with Crippen molar-refractivity contribution in [3.05, 3.63) is 36.2 Å². The van der Waals surface area contributed by atoms with Crippen molar-refractivity contribution in [1.82, 2.24) is 5.16 Å². The second-order valence-electron chi connectivity index (χ2n) is 3.30. The van der Waals surface area contributed by atoms with Crippen LogP contribution in [-0.4, -0.2) is 12.3 Å². The number of hydrogen-bond donors (Lipinski definition) is 2. The van der Waals surface area contributed by atoms with Gasteiger partial charge in [-0.3, -0.25) is 0 Å². The second-order valence-corrected chi connectivity index (χ2v) is 3.30. The van der Waals surface area contributed by atoms with Crippen molar-refractivity contribution in [3.63, 3.8) is 0 Å². The quantitative estimate of drug-likeness (QED) is 0.768. The fraction of sp³-hybridized carbons (Fsp3) is 0.182. The minimum absolute atomic E-state index is 0.563. The molecule has 0 radical (unpaired) electrons. The van der Waals surface area contributed by atoms with E-state index in [1.54, 1.807) is 19.2 Å². The summed E-state index contributed by atoms with van der Waals surface area (Å²) in [6.07, 6.45) is 1.53. The van der Waals surface area contributed by atoms with Gasteiger partial charge in [0.15, 0.2) is 0 Å². The molecule has 2 aromatic rings. The van der Waals surface area contributed by atoms with Crippen molar-refractivity contribution >= 4 is 11.4 Å². The van der Waals surface area contributed by atoms with Crippen LogP contribution in [0.4, 0.5) is 11.4 Å². The van der Waals surface area contributed by atoms with Crippen molar-refractivity contribution in [2.45, 2.75) is 6.54 Å². The van der Waals surface area contributed by atoms with Crippen LogP contribution < -0.4 is 15.8 Å². The molecule has 2 rings (SSSR count). The smallest absolute Gasteiger partial charge is 0.124 e. The number of nitrogens with zero attached hydrogens (tertiary/aromatic N) is 1. The predicted octanol–water partition coefficient (Wildman–Crippen LogP) is 1.88. The Kier molecular flexibility index (Phi) is 2.95. The molecule has 0 spiro atoms. The number of aromatic nitrogens is 1. The second kappa shape index (κ2) is 4.57. The van der Waals surface area contributed by atoms with Gasteiger partial charge in [-0.1, -0.05) is 5.16 Å². The highest BCUT2D eigenvalue weighted by molar-refractivity contribution is 5.68. The fourth-order valence-corrected chi connectivity index (χ4v) is 1.33. The Morgan fingerprint density at radius 2 is 2.31 bits per heavy atom. The standard InChI is InChI=1S/C11H13N3O2/c1-15-9-2-3-10(12)11(6-9)13-7-8-4-5-16-14-8/h2-6,13H,7,12H2,1H3. The number of nitrogens with two attached hydrogens (primary N) is 1. The summed E-state index contributed by atoms with van der Waals surface area (Å²) >= 11 is 0. The molecule has 1 heterocycles. The first kappa shape index (κ1) is 10.4. The first-order chi connectivity index (χ1) is 7.79. The molecule has 0 saturated carbocycles. The molecular weight excluding hydrogens is 206 g/mol. The van der Waals surface area contributed by atoms with E-state index in [0.717, 1.165) is 17.1 Å². The molecule has 0 atom stereocenters. The van der Waals surface area contributed by atoms with Crippen LogP contribution in [0.15, 0.2) is 35.1 Å². The number of anilines is 2. The summed E-state index contributed by atoms with van der Waals surface area (Å²) in [4.78, 5) is 0. The van der Waals surface area contributed by atoms with Crippen LogP contribution in [0.5, 0.6) is 5.75 Å². The number of ether oxygens (including phenoxy) is 1. The molecule has 0 aliphatic carbocycles. The van der Waals surface area contributed by atoms with Gasteiger partial charge in [0.1, 0.15) is 17.7 Å². The third kappa shape index (κ3) is 2.25. The van der Waals surface area contributed by atoms with E-state index in [1.807, 2.05) is 12.1 Å². The topological polar surface area (TPSA) is 73.3 Å². The maximum absolute atomic E-state index is 5.82. The van der Waals surface area contributed by atoms with Crippen molar-refractivity contribution in [3.8, 4) is 5.75 Å². The van der Waals surface area contributed by atoms with E-state index in [4.69, 9.17) is 15.0 Å². The number of nitrogens with one attached hydrogen (secondary N) is 1. The molecule has 5 nitrogen and oxygen atoms in total. The van der Waals surface area contributed by atoms with E-state index < -0.39 is 0 Å². The molecule has 16 heavy (non-hydrogen) atoms. The van der Waals surface area contributed by atoms with Crippen LogP contribution in [0.25, 0.3) is 0 Å². The molecule has 3 N–H and O–H groups in total. The lowest BCUT2D eigenvalue weighted by molar-refractivity contribution is 0.412. The summed E-state index contributed by atoms with van der Waals surface area (Å²) in [7, 11) is 1.62. The predicted molar refractivity (Wildman–Crippen MR) is 61.2 cm³/mol. The molecule has 0 amide bonds. The van der Waals surface area contributed by atoms with E-state index in [1.165, 1.54) is 6.26 Å². The Labute approximate surface area is 93.2 Å². The largest absolute Gasteiger partial charge is 0.497 e. The van der Waals surface area contributed by atoms with Gasteiger partial charge in [-0.05, 0) is 12.1 Å². The average Bonchev–Trinajstić information content (AvgIpc) is 2.81. The molecule has 5 heteroatoms. The monoisotopic (exact) mass is 219 g/mol. The van der Waals surface area contributed by atoms with Crippen LogP contribution in [0.2, 0.25) is 0 Å². The third-order valence-corrected chi connectivity index (χ3v) is 2.21. The molecule has 0 aliphatic heterocycles. The van der Waals surface area contributed by atoms with Gasteiger partial charge >= 0.3 is 0 Å². The maximum Gasteiger partial charge on any atom is 0.124 e. The SMILES string of the molecule is COc1ccc(N)c(NCc2ccon2)c1. The first-order valence-corrected chi connectivity index (χ1v) is 4.86. The number of benzene rings is 1. The van der Waals surface area contributed by atoms with Gasteiger partial charge in [-0.15, -0.1) is 0 Å². The molecular formula is C11H13N3O2. The van der Waals surface area contributed by atoms with Gasteiger partial charge in [-0.25, -0.2) is 0 Å². The Morgan fingerprint density at radius 1 is 1.44 bits per heavy atom. The van der Waals surface area contributed by atoms with Gasteiger partial charge in [0.2, 0.25) is 0 Å². The van der Waals surface area contributed by atoms with Gasteiger partial charge < -0.3 is 20.3 Å². The summed E-state index contributed by atoms with van der Waals surface area (Å²) in [5, 5.41) is 6.96. The highest BCUT2D eigenvalue weighted by Crippen LogP contribution is 2.24. The van der Waals surface area contributed by atoms with E-state index in [0.29, 0.717) is 12.2 Å². The number of nitrogen functional groups attached to an aromatic ring is 1. The Morgan fingerprint density at radius 3 is 3.00 bits per heavy atom. The summed E-state index contributed by atoms with van der Waals surface area (Å²) in [6.45, 7) is 0.563. The summed E-state index contributed by atoms with van der Waals surface area (Å²) < 4.78 is 9.85. The van der Waals surface area contributed by atoms with Crippen molar-refractivity contribution < 1.29 is 9.26 Å². The summed E-state index contributed by atoms with van der Waals surface area (Å²) in [5.74, 6) is 0.761. The lowest BCUT2D eigenvalue weighted by atomic mass is 10.2. The normalized spacial score (nSPS) is 10.1. The maximum atomic E-state index is 5.82. The van der Waals surface area contributed by atoms with Crippen molar-refractivity contribution in [2.24, 2.45) is 0 Å². The highest BCUT2D eigenvalue weighted by Gasteiger charge is 2.02. The van der Waals surface area contributed by atoms with Crippen molar-refractivity contribution in [1.29, 1.82) is 0 Å². The first-order valence-electron chi connectivity index (χ1n) is 4.86. The minimum atomic E-state index is 0.563. The zero-order valence-corrected chi connectivity index (χ0v) is 8.93. The van der Waals surface area contributed by atoms with Crippen LogP contribution in [0.1, 0.15) is 5.69 Å². The van der Waals surface area contributed by atoms with Gasteiger partial charge in [0.05, 0.1) is 25.0 Å². The molecule has 0 fully saturated rings. The molecule has 84 valence electrons. The zero-order chi connectivity index (χ0) is 11.4. The van der Waals surface area contributed by atoms with Crippen LogP contribution >= 0.6 is 0 Å². The molecule has 1 aromatic carbocycles. The Balaban J connectivity index is 2.08. The van der Waals surface area contributed by atoms with E-state index in [-0.39, 0.29) is 0 Å². The number of hydrogen-bond acceptors (Lipinski definition) is 5. The summed E-state index contributed by atoms with van der Waals surface area (Å²) in [5.41, 5.74) is 8.14. The van der Waals surface area contributed by atoms with Crippen LogP contribution in [-0.2, 0) is 6.54 Å². The lowest BCUT2D eigenvalue weighted by Gasteiger charge is -2.09. The van der Waals surface area contributed by atoms with Gasteiger partial charge in [-0.2, -0.15) is 0 Å². The Bertz CT molecular complexity index is 454. The van der Waals surface area contributed by atoms with Gasteiger partial charge in [0, 0.05) is 12.1 Å². The number of rotatable bonds is 4. The van der Waals surface area contributed by atoms with Crippen molar-refractivity contribution in [2.75, 3.05) is 18.2 Å². The lowest BCUT2D eigenvalue weighted by Crippen LogP contribution is -2.02. The third-order valence-electron chi connectivity index (χ3n) is 2.21. The molecule has 0 bridgehead atoms. The van der Waals surface area contributed by atoms with E-state index in [9.17, 15) is 0 Å². The fourth-order valence-electron chi connectivity index (χ4n) is 1.33. The summed E-state index contributed by atoms with van der Waals surface area (Å²) in [6, 6.07) is 7.25. The molecule has 0 aliphatic rings. The van der Waals surface area contributed by atoms with E-state index in [2.05, 4.69) is 10.5 Å². The highest BCUT2D eigenvalue weighted by atomic mass is 16.5. The number of methoxy groups -OCH3 is 1. The average molecular weight is 219 g/mol. The molecule has 0 unspecified atom stereocenters. The van der Waals surface area contributed by atoms with Crippen LogP contribution in [0, 0.1) is 0 Å². The Hall–Kier alpha value is -2.17. The molecule has 0 saturated heterocycles. The molecule has 1 aromatic heterocycles. The van der Waals surface area contributed by atoms with Gasteiger partial charge in [0.25, 0.3) is 0 Å². The zero-order valence-electron chi connectivity index (χ0n) is 8.93. The minimum Gasteiger partial charge on any atom is -0.497 e. The van der Waals surface area contributed by atoms with E-state index >= 15 is 0 Å². The van der Waals surface area contributed by atoms with Crippen LogP contribution in [0.3, 0.4) is 0 Å².